The molecular weight excluding hydrogens is 658 g/mol. The number of carbonyl (C=O) groups excluding carboxylic acids is 1. The van der Waals surface area contributed by atoms with Gasteiger partial charge in [0.15, 0.2) is 0 Å². The maximum atomic E-state index is 13.9. The van der Waals surface area contributed by atoms with E-state index in [0.29, 0.717) is 39.8 Å². The van der Waals surface area contributed by atoms with Crippen molar-refractivity contribution < 1.29 is 9.53 Å². The first-order chi connectivity index (χ1) is 21.4. The van der Waals surface area contributed by atoms with Crippen LogP contribution in [0.4, 0.5) is 11.6 Å². The Labute approximate surface area is 273 Å². The van der Waals surface area contributed by atoms with Gasteiger partial charge >= 0.3 is 0 Å². The molecule has 0 saturated heterocycles. The molecule has 0 fully saturated rings. The molecule has 0 spiro atoms. The molecule has 1 aromatic heterocycles. The summed E-state index contributed by atoms with van der Waals surface area (Å²) in [6.07, 6.45) is 0. The molecule has 2 N–H and O–H groups in total. The smallest absolute Gasteiger partial charge is 0.255 e. The van der Waals surface area contributed by atoms with Crippen LogP contribution < -0.4 is 15.4 Å². The van der Waals surface area contributed by atoms with Crippen molar-refractivity contribution in [3.05, 3.63) is 140 Å². The van der Waals surface area contributed by atoms with Gasteiger partial charge in [0.25, 0.3) is 5.91 Å². The fourth-order valence-electron chi connectivity index (χ4n) is 5.00. The van der Waals surface area contributed by atoms with Gasteiger partial charge in [-0.25, -0.2) is 4.68 Å². The largest absolute Gasteiger partial charge is 0.489 e. The molecule has 1 atom stereocenters. The van der Waals surface area contributed by atoms with Gasteiger partial charge in [-0.15, -0.1) is 5.10 Å². The van der Waals surface area contributed by atoms with Gasteiger partial charge in [0.2, 0.25) is 11.1 Å². The molecule has 7 nitrogen and oxygen atoms in total. The highest BCUT2D eigenvalue weighted by molar-refractivity contribution is 9.10. The van der Waals surface area contributed by atoms with E-state index >= 15 is 0 Å². The predicted octanol–water partition coefficient (Wildman–Crippen LogP) is 8.80. The summed E-state index contributed by atoms with van der Waals surface area (Å²) in [6, 6.07) is 30.8. The number of nitrogens with one attached hydrogen (secondary N) is 2. The van der Waals surface area contributed by atoms with Crippen LogP contribution in [0.1, 0.15) is 35.2 Å². The summed E-state index contributed by atoms with van der Waals surface area (Å²) in [6.45, 7) is 4.30. The Morgan fingerprint density at radius 3 is 2.57 bits per heavy atom. The lowest BCUT2D eigenvalue weighted by Crippen LogP contribution is -2.31. The number of anilines is 2. The molecule has 6 rings (SSSR count). The van der Waals surface area contributed by atoms with E-state index in [-0.39, 0.29) is 5.91 Å². The van der Waals surface area contributed by atoms with Crippen LogP contribution in [0.25, 0.3) is 0 Å². The van der Waals surface area contributed by atoms with Crippen molar-refractivity contribution >= 4 is 56.8 Å². The molecule has 5 aromatic rings. The zero-order valence-electron chi connectivity index (χ0n) is 24.1. The van der Waals surface area contributed by atoms with Crippen LogP contribution in [0.5, 0.6) is 5.75 Å². The number of carbonyl (C=O) groups is 1. The van der Waals surface area contributed by atoms with Crippen molar-refractivity contribution in [2.24, 2.45) is 0 Å². The lowest BCUT2D eigenvalue weighted by molar-refractivity contribution is -0.113. The number of amides is 1. The Bertz CT molecular complexity index is 1860. The second kappa shape index (κ2) is 13.3. The monoisotopic (exact) mass is 685 g/mol. The Kier molecular flexibility index (Phi) is 9.07. The summed E-state index contributed by atoms with van der Waals surface area (Å²) in [5, 5.41) is 12.6. The summed E-state index contributed by atoms with van der Waals surface area (Å²) in [5.41, 5.74) is 5.94. The molecule has 1 amide bonds. The standard InChI is InChI=1S/C34H29BrClN5O2S/c1-21-8-3-6-13-29(21)38-32(42)30-22(2)37-33-39-34(44-20-25-10-4-5-12-28(25)36)40-41(33)31(30)24-14-16-27(17-15-24)43-19-23-9-7-11-26(35)18-23/h3-18,31H,19-20H2,1-2H3,(H,38,42)(H,37,39,40). The van der Waals surface area contributed by atoms with E-state index in [1.165, 1.54) is 11.8 Å². The average molecular weight is 687 g/mol. The zero-order chi connectivity index (χ0) is 30.6. The van der Waals surface area contributed by atoms with Crippen LogP contribution in [0.2, 0.25) is 5.02 Å². The third kappa shape index (κ3) is 6.70. The number of nitrogens with zero attached hydrogens (tertiary/aromatic N) is 3. The molecule has 10 heteroatoms. The molecule has 1 aliphatic heterocycles. The first-order valence-corrected chi connectivity index (χ1v) is 16.2. The van der Waals surface area contributed by atoms with Gasteiger partial charge in [0.1, 0.15) is 18.4 Å². The van der Waals surface area contributed by atoms with Gasteiger partial charge in [-0.1, -0.05) is 100.0 Å². The van der Waals surface area contributed by atoms with Crippen LogP contribution in [0.15, 0.2) is 118 Å². The number of halogens is 2. The van der Waals surface area contributed by atoms with Crippen molar-refractivity contribution in [1.29, 1.82) is 0 Å². The molecule has 2 heterocycles. The number of aryl methyl sites for hydroxylation is 1. The quantitative estimate of drug-likeness (QED) is 0.151. The summed E-state index contributed by atoms with van der Waals surface area (Å²) < 4.78 is 8.85. The van der Waals surface area contributed by atoms with Crippen molar-refractivity contribution in [1.82, 2.24) is 14.8 Å². The highest BCUT2D eigenvalue weighted by Gasteiger charge is 2.34. The van der Waals surface area contributed by atoms with E-state index in [0.717, 1.165) is 38.2 Å². The molecule has 222 valence electrons. The first kappa shape index (κ1) is 30.0. The molecule has 1 aliphatic rings. The number of fused-ring (bicyclic) bond motifs is 1. The molecular formula is C34H29BrClN5O2S. The minimum absolute atomic E-state index is 0.212. The summed E-state index contributed by atoms with van der Waals surface area (Å²) >= 11 is 11.4. The van der Waals surface area contributed by atoms with Crippen LogP contribution in [0, 0.1) is 6.92 Å². The number of benzene rings is 4. The van der Waals surface area contributed by atoms with E-state index in [2.05, 4.69) is 26.6 Å². The average Bonchev–Trinajstić information content (AvgIpc) is 3.42. The molecule has 44 heavy (non-hydrogen) atoms. The molecule has 0 bridgehead atoms. The Morgan fingerprint density at radius 1 is 1.02 bits per heavy atom. The third-order valence-corrected chi connectivity index (χ3v) is 9.02. The van der Waals surface area contributed by atoms with Gasteiger partial charge < -0.3 is 15.4 Å². The first-order valence-electron chi connectivity index (χ1n) is 14.0. The van der Waals surface area contributed by atoms with Crippen molar-refractivity contribution in [2.45, 2.75) is 37.4 Å². The Hall–Kier alpha value is -4.05. The van der Waals surface area contributed by atoms with Gasteiger partial charge in [-0.3, -0.25) is 4.79 Å². The number of hydrogen-bond acceptors (Lipinski definition) is 6. The van der Waals surface area contributed by atoms with Crippen LogP contribution in [-0.2, 0) is 17.2 Å². The van der Waals surface area contributed by atoms with Crippen LogP contribution >= 0.6 is 39.3 Å². The van der Waals surface area contributed by atoms with E-state index in [1.54, 1.807) is 4.68 Å². The molecule has 1 unspecified atom stereocenters. The van der Waals surface area contributed by atoms with E-state index < -0.39 is 6.04 Å². The lowest BCUT2D eigenvalue weighted by Gasteiger charge is -2.29. The van der Waals surface area contributed by atoms with E-state index in [9.17, 15) is 4.79 Å². The summed E-state index contributed by atoms with van der Waals surface area (Å²) in [5.74, 6) is 1.70. The van der Waals surface area contributed by atoms with E-state index in [4.69, 9.17) is 26.4 Å². The van der Waals surface area contributed by atoms with E-state index in [1.807, 2.05) is 111 Å². The van der Waals surface area contributed by atoms with Gasteiger partial charge in [-0.2, -0.15) is 4.98 Å². The predicted molar refractivity (Wildman–Crippen MR) is 180 cm³/mol. The maximum absolute atomic E-state index is 13.9. The minimum atomic E-state index is -0.517. The summed E-state index contributed by atoms with van der Waals surface area (Å²) in [4.78, 5) is 18.7. The fourth-order valence-corrected chi connectivity index (χ4v) is 6.56. The highest BCUT2D eigenvalue weighted by atomic mass is 79.9. The van der Waals surface area contributed by atoms with Gasteiger partial charge in [0, 0.05) is 26.6 Å². The fraction of sp³-hybridized carbons (Fsp3) is 0.147. The number of thioether (sulfide) groups is 1. The number of para-hydroxylation sites is 1. The van der Waals surface area contributed by atoms with Crippen LogP contribution in [0.3, 0.4) is 0 Å². The zero-order valence-corrected chi connectivity index (χ0v) is 27.2. The number of ether oxygens (including phenoxy) is 1. The Balaban J connectivity index is 1.30. The van der Waals surface area contributed by atoms with Gasteiger partial charge in [-0.05, 0) is 72.5 Å². The molecule has 0 radical (unpaired) electrons. The normalized spacial score (nSPS) is 14.1. The van der Waals surface area contributed by atoms with Crippen molar-refractivity contribution in [2.75, 3.05) is 10.6 Å². The van der Waals surface area contributed by atoms with Gasteiger partial charge in [0.05, 0.1) is 5.57 Å². The second-order valence-electron chi connectivity index (χ2n) is 10.4. The third-order valence-electron chi connectivity index (χ3n) is 7.28. The minimum Gasteiger partial charge on any atom is -0.489 e. The Morgan fingerprint density at radius 2 is 1.80 bits per heavy atom. The summed E-state index contributed by atoms with van der Waals surface area (Å²) in [7, 11) is 0. The van der Waals surface area contributed by atoms with Crippen molar-refractivity contribution in [3.8, 4) is 5.75 Å². The number of aromatic nitrogens is 3. The number of rotatable bonds is 9. The second-order valence-corrected chi connectivity index (χ2v) is 12.6. The lowest BCUT2D eigenvalue weighted by atomic mass is 9.95. The molecule has 0 aliphatic carbocycles. The number of allylic oxidation sites excluding steroid dienone is 1. The van der Waals surface area contributed by atoms with Crippen molar-refractivity contribution in [3.63, 3.8) is 0 Å². The maximum Gasteiger partial charge on any atom is 0.255 e. The highest BCUT2D eigenvalue weighted by Crippen LogP contribution is 2.38. The van der Waals surface area contributed by atoms with Crippen LogP contribution in [-0.4, -0.2) is 20.7 Å². The topological polar surface area (TPSA) is 81.1 Å². The molecule has 4 aromatic carbocycles. The molecule has 0 saturated carbocycles. The SMILES string of the molecule is CC1=C(C(=O)Nc2ccccc2C)C(c2ccc(OCc3cccc(Br)c3)cc2)n2nc(SCc3ccccc3Cl)nc2N1. The number of hydrogen-bond donors (Lipinski definition) is 2.